The van der Waals surface area contributed by atoms with Gasteiger partial charge in [-0.3, -0.25) is 4.79 Å². The molecule has 1 aliphatic carbocycles. The summed E-state index contributed by atoms with van der Waals surface area (Å²) in [5, 5.41) is 34.0. The SMILES string of the molecule is CCCCCC(C)(O)C=CC1C(O)CC(O)C1CC=CCCCC(=O)NCC. The Labute approximate surface area is 170 Å². The van der Waals surface area contributed by atoms with E-state index < -0.39 is 17.8 Å². The van der Waals surface area contributed by atoms with Crippen LogP contribution in [0.1, 0.15) is 78.6 Å². The molecule has 0 aromatic heterocycles. The second-order valence-electron chi connectivity index (χ2n) is 8.34. The molecule has 5 atom stereocenters. The molecule has 1 amide bonds. The van der Waals surface area contributed by atoms with Crippen molar-refractivity contribution in [1.82, 2.24) is 5.32 Å². The summed E-state index contributed by atoms with van der Waals surface area (Å²) in [5.41, 5.74) is -0.873. The van der Waals surface area contributed by atoms with Crippen molar-refractivity contribution in [3.05, 3.63) is 24.3 Å². The molecule has 1 aliphatic rings. The molecule has 1 saturated carbocycles. The Morgan fingerprint density at radius 3 is 2.57 bits per heavy atom. The fourth-order valence-electron chi connectivity index (χ4n) is 3.88. The minimum Gasteiger partial charge on any atom is -0.393 e. The highest BCUT2D eigenvalue weighted by Crippen LogP contribution is 2.37. The minimum atomic E-state index is -0.873. The van der Waals surface area contributed by atoms with Crippen LogP contribution in [0.2, 0.25) is 0 Å². The number of nitrogens with one attached hydrogen (secondary N) is 1. The van der Waals surface area contributed by atoms with E-state index in [1.807, 2.05) is 19.1 Å². The van der Waals surface area contributed by atoms with Crippen LogP contribution in [-0.4, -0.2) is 45.6 Å². The van der Waals surface area contributed by atoms with E-state index in [9.17, 15) is 20.1 Å². The summed E-state index contributed by atoms with van der Waals surface area (Å²) in [7, 11) is 0. The summed E-state index contributed by atoms with van der Waals surface area (Å²) < 4.78 is 0. The molecular weight excluding hydrogens is 354 g/mol. The van der Waals surface area contributed by atoms with E-state index in [1.165, 1.54) is 0 Å². The van der Waals surface area contributed by atoms with Gasteiger partial charge < -0.3 is 20.6 Å². The van der Waals surface area contributed by atoms with Gasteiger partial charge in [0.2, 0.25) is 5.91 Å². The van der Waals surface area contributed by atoms with Crippen LogP contribution < -0.4 is 5.32 Å². The summed E-state index contributed by atoms with van der Waals surface area (Å²) in [6, 6.07) is 0. The number of hydrogen-bond acceptors (Lipinski definition) is 4. The lowest BCUT2D eigenvalue weighted by molar-refractivity contribution is -0.121. The van der Waals surface area contributed by atoms with Crippen LogP contribution in [0.25, 0.3) is 0 Å². The Hall–Kier alpha value is -1.17. The molecule has 0 bridgehead atoms. The van der Waals surface area contributed by atoms with Crippen molar-refractivity contribution in [3.63, 3.8) is 0 Å². The summed E-state index contributed by atoms with van der Waals surface area (Å²) in [6.07, 6.45) is 13.8. The monoisotopic (exact) mass is 395 g/mol. The first-order chi connectivity index (χ1) is 13.3. The molecule has 0 aromatic rings. The Morgan fingerprint density at radius 1 is 1.14 bits per heavy atom. The summed E-state index contributed by atoms with van der Waals surface area (Å²) in [6.45, 7) is 6.52. The molecule has 0 aliphatic heterocycles. The normalized spacial score (nSPS) is 27.5. The van der Waals surface area contributed by atoms with Crippen LogP contribution in [0.4, 0.5) is 0 Å². The minimum absolute atomic E-state index is 0.0441. The van der Waals surface area contributed by atoms with Gasteiger partial charge in [0.25, 0.3) is 0 Å². The zero-order valence-corrected chi connectivity index (χ0v) is 17.9. The van der Waals surface area contributed by atoms with Crippen molar-refractivity contribution < 1.29 is 20.1 Å². The zero-order chi connectivity index (χ0) is 21.0. The predicted octanol–water partition coefficient (Wildman–Crippen LogP) is 3.48. The molecule has 0 heterocycles. The third kappa shape index (κ3) is 9.35. The van der Waals surface area contributed by atoms with Crippen molar-refractivity contribution in [2.45, 2.75) is 96.4 Å². The van der Waals surface area contributed by atoms with Gasteiger partial charge in [-0.15, -0.1) is 0 Å². The van der Waals surface area contributed by atoms with E-state index in [0.29, 0.717) is 32.2 Å². The van der Waals surface area contributed by atoms with E-state index in [-0.39, 0.29) is 17.7 Å². The molecule has 5 nitrogen and oxygen atoms in total. The molecule has 4 N–H and O–H groups in total. The number of carbonyl (C=O) groups is 1. The summed E-state index contributed by atoms with van der Waals surface area (Å²) in [4.78, 5) is 11.4. The van der Waals surface area contributed by atoms with E-state index in [2.05, 4.69) is 18.3 Å². The lowest BCUT2D eigenvalue weighted by Crippen LogP contribution is -2.24. The molecule has 1 rings (SSSR count). The van der Waals surface area contributed by atoms with Gasteiger partial charge in [-0.05, 0) is 45.4 Å². The van der Waals surface area contributed by atoms with E-state index in [1.54, 1.807) is 13.0 Å². The molecule has 5 unspecified atom stereocenters. The van der Waals surface area contributed by atoms with Gasteiger partial charge in [0.15, 0.2) is 0 Å². The molecular formula is C23H41NO4. The number of aliphatic hydroxyl groups is 3. The third-order valence-electron chi connectivity index (χ3n) is 5.60. The maximum Gasteiger partial charge on any atom is 0.219 e. The van der Waals surface area contributed by atoms with E-state index in [4.69, 9.17) is 0 Å². The highest BCUT2D eigenvalue weighted by atomic mass is 16.3. The molecule has 1 fully saturated rings. The van der Waals surface area contributed by atoms with Crippen LogP contribution in [-0.2, 0) is 4.79 Å². The number of carbonyl (C=O) groups excluding carboxylic acids is 1. The van der Waals surface area contributed by atoms with Crippen LogP contribution in [0, 0.1) is 11.8 Å². The average Bonchev–Trinajstić information content (AvgIpc) is 2.89. The zero-order valence-electron chi connectivity index (χ0n) is 17.9. The smallest absolute Gasteiger partial charge is 0.219 e. The summed E-state index contributed by atoms with van der Waals surface area (Å²) in [5.74, 6) is -0.105. The predicted molar refractivity (Wildman–Crippen MR) is 114 cm³/mol. The second kappa shape index (κ2) is 13.1. The third-order valence-corrected chi connectivity index (χ3v) is 5.60. The van der Waals surface area contributed by atoms with Crippen LogP contribution in [0.15, 0.2) is 24.3 Å². The van der Waals surface area contributed by atoms with E-state index in [0.717, 1.165) is 32.1 Å². The Bertz CT molecular complexity index is 501. The number of amides is 1. The van der Waals surface area contributed by atoms with Gasteiger partial charge in [-0.1, -0.05) is 50.5 Å². The van der Waals surface area contributed by atoms with Gasteiger partial charge >= 0.3 is 0 Å². The molecule has 28 heavy (non-hydrogen) atoms. The maximum atomic E-state index is 11.4. The van der Waals surface area contributed by atoms with Crippen LogP contribution in [0.5, 0.6) is 0 Å². The van der Waals surface area contributed by atoms with Crippen molar-refractivity contribution in [2.75, 3.05) is 6.54 Å². The van der Waals surface area contributed by atoms with Crippen molar-refractivity contribution in [1.29, 1.82) is 0 Å². The number of allylic oxidation sites excluding steroid dienone is 2. The molecule has 5 heteroatoms. The Balaban J connectivity index is 2.51. The molecule has 162 valence electrons. The highest BCUT2D eigenvalue weighted by Gasteiger charge is 2.39. The number of unbranched alkanes of at least 4 members (excludes halogenated alkanes) is 3. The first-order valence-corrected chi connectivity index (χ1v) is 11.0. The van der Waals surface area contributed by atoms with Gasteiger partial charge in [-0.25, -0.2) is 0 Å². The van der Waals surface area contributed by atoms with Crippen molar-refractivity contribution in [2.24, 2.45) is 11.8 Å². The molecule has 0 spiro atoms. The molecule has 0 saturated heterocycles. The van der Waals surface area contributed by atoms with Gasteiger partial charge in [-0.2, -0.15) is 0 Å². The number of rotatable bonds is 13. The quantitative estimate of drug-likeness (QED) is 0.284. The van der Waals surface area contributed by atoms with Crippen molar-refractivity contribution in [3.8, 4) is 0 Å². The lowest BCUT2D eigenvalue weighted by atomic mass is 9.88. The Kier molecular flexibility index (Phi) is 11.7. The second-order valence-corrected chi connectivity index (χ2v) is 8.34. The molecule has 0 aromatic carbocycles. The van der Waals surface area contributed by atoms with Crippen molar-refractivity contribution >= 4 is 5.91 Å². The molecule has 0 radical (unpaired) electrons. The Morgan fingerprint density at radius 2 is 1.89 bits per heavy atom. The van der Waals surface area contributed by atoms with Crippen LogP contribution in [0.3, 0.4) is 0 Å². The first-order valence-electron chi connectivity index (χ1n) is 11.0. The number of hydrogen-bond donors (Lipinski definition) is 4. The van der Waals surface area contributed by atoms with Gasteiger partial charge in [0.1, 0.15) is 0 Å². The average molecular weight is 396 g/mol. The summed E-state index contributed by atoms with van der Waals surface area (Å²) >= 11 is 0. The maximum absolute atomic E-state index is 11.4. The van der Waals surface area contributed by atoms with Crippen LogP contribution >= 0.6 is 0 Å². The van der Waals surface area contributed by atoms with Gasteiger partial charge in [0.05, 0.1) is 17.8 Å². The fourth-order valence-corrected chi connectivity index (χ4v) is 3.88. The largest absolute Gasteiger partial charge is 0.393 e. The van der Waals surface area contributed by atoms with Gasteiger partial charge in [0, 0.05) is 25.3 Å². The number of aliphatic hydroxyl groups excluding tert-OH is 2. The van der Waals surface area contributed by atoms with E-state index >= 15 is 0 Å². The first kappa shape index (κ1) is 24.9. The standard InChI is InChI=1S/C23H41NO4/c1-4-6-11-15-23(3,28)16-14-19-18(20(25)17-21(19)26)12-9-7-8-10-13-22(27)24-5-2/h7,9,14,16,18-21,25-26,28H,4-6,8,10-13,15,17H2,1-3H3,(H,24,27). The lowest BCUT2D eigenvalue weighted by Gasteiger charge is -2.23. The highest BCUT2D eigenvalue weighted by molar-refractivity contribution is 5.75. The topological polar surface area (TPSA) is 89.8 Å². The fraction of sp³-hybridized carbons (Fsp3) is 0.783.